The van der Waals surface area contributed by atoms with E-state index in [2.05, 4.69) is 9.97 Å². The van der Waals surface area contributed by atoms with Crippen molar-refractivity contribution in [3.05, 3.63) is 78.5 Å². The van der Waals surface area contributed by atoms with Gasteiger partial charge in [-0.25, -0.2) is 13.4 Å². The molecule has 0 bridgehead atoms. The van der Waals surface area contributed by atoms with Crippen molar-refractivity contribution in [1.29, 1.82) is 0 Å². The molecule has 0 saturated heterocycles. The fourth-order valence-corrected chi connectivity index (χ4v) is 4.57. The maximum absolute atomic E-state index is 13.4. The van der Waals surface area contributed by atoms with Gasteiger partial charge in [0.05, 0.1) is 22.4 Å². The highest BCUT2D eigenvalue weighted by molar-refractivity contribution is 7.91. The Morgan fingerprint density at radius 2 is 1.85 bits per heavy atom. The number of imidazole rings is 1. The molecule has 0 saturated carbocycles. The Morgan fingerprint density at radius 3 is 2.52 bits per heavy atom. The van der Waals surface area contributed by atoms with Gasteiger partial charge >= 0.3 is 0 Å². The summed E-state index contributed by atoms with van der Waals surface area (Å²) in [6.07, 6.45) is 7.29. The van der Waals surface area contributed by atoms with Crippen LogP contribution in [0.4, 0.5) is 0 Å². The van der Waals surface area contributed by atoms with Gasteiger partial charge in [-0.2, -0.15) is 0 Å². The van der Waals surface area contributed by atoms with Crippen molar-refractivity contribution >= 4 is 20.7 Å². The van der Waals surface area contributed by atoms with Gasteiger partial charge < -0.3 is 4.57 Å². The number of hydrogen-bond donors (Lipinski definition) is 0. The molecule has 0 aliphatic rings. The lowest BCUT2D eigenvalue weighted by molar-refractivity contribution is 0.595. The van der Waals surface area contributed by atoms with Crippen LogP contribution in [0.2, 0.25) is 0 Å². The van der Waals surface area contributed by atoms with E-state index in [-0.39, 0.29) is 9.79 Å². The van der Waals surface area contributed by atoms with Crippen molar-refractivity contribution in [3.63, 3.8) is 0 Å². The Kier molecular flexibility index (Phi) is 4.28. The zero-order valence-corrected chi connectivity index (χ0v) is 15.9. The van der Waals surface area contributed by atoms with Crippen LogP contribution in [0, 0.1) is 6.92 Å². The molecule has 0 aliphatic heterocycles. The Morgan fingerprint density at radius 1 is 1.07 bits per heavy atom. The number of benzene rings is 2. The molecule has 5 nitrogen and oxygen atoms in total. The van der Waals surface area contributed by atoms with Gasteiger partial charge in [0.1, 0.15) is 4.90 Å². The predicted octanol–water partition coefficient (Wildman–Crippen LogP) is 4.12. The summed E-state index contributed by atoms with van der Waals surface area (Å²) in [6, 6.07) is 12.8. The Labute approximate surface area is 158 Å². The second-order valence-electron chi connectivity index (χ2n) is 6.46. The normalized spacial score (nSPS) is 11.8. The Hall–Kier alpha value is -2.99. The highest BCUT2D eigenvalue weighted by Gasteiger charge is 2.24. The standard InChI is InChI=1S/C21H19N3O2S/c1-3-16-5-7-17(8-6-16)27(25,26)20-13-23-19-9-4-15(2)12-18(19)21(20)24-11-10-22-14-24/h4-14H,3H2,1-2H3. The highest BCUT2D eigenvalue weighted by Crippen LogP contribution is 2.32. The number of fused-ring (bicyclic) bond motifs is 1. The first-order chi connectivity index (χ1) is 13.0. The largest absolute Gasteiger partial charge is 0.304 e. The van der Waals surface area contributed by atoms with Crippen LogP contribution in [0.25, 0.3) is 16.6 Å². The van der Waals surface area contributed by atoms with Gasteiger partial charge in [-0.1, -0.05) is 30.7 Å². The van der Waals surface area contributed by atoms with Crippen LogP contribution in [0.5, 0.6) is 0 Å². The van der Waals surface area contributed by atoms with Gasteiger partial charge in [-0.05, 0) is 43.2 Å². The zero-order valence-electron chi connectivity index (χ0n) is 15.1. The van der Waals surface area contributed by atoms with Crippen molar-refractivity contribution < 1.29 is 8.42 Å². The third kappa shape index (κ3) is 3.02. The number of nitrogens with zero attached hydrogens (tertiary/aromatic N) is 3. The van der Waals surface area contributed by atoms with Gasteiger partial charge in [-0.3, -0.25) is 4.98 Å². The third-order valence-corrected chi connectivity index (χ3v) is 6.43. The molecule has 136 valence electrons. The molecule has 0 spiro atoms. The molecule has 0 unspecified atom stereocenters. The van der Waals surface area contributed by atoms with E-state index < -0.39 is 9.84 Å². The van der Waals surface area contributed by atoms with Crippen LogP contribution in [-0.2, 0) is 16.3 Å². The maximum Gasteiger partial charge on any atom is 0.210 e. The fourth-order valence-electron chi connectivity index (χ4n) is 3.16. The zero-order chi connectivity index (χ0) is 19.0. The minimum Gasteiger partial charge on any atom is -0.304 e. The summed E-state index contributed by atoms with van der Waals surface area (Å²) in [5.41, 5.74) is 3.44. The summed E-state index contributed by atoms with van der Waals surface area (Å²) >= 11 is 0. The van der Waals surface area contributed by atoms with Crippen molar-refractivity contribution in [2.24, 2.45) is 0 Å². The number of aromatic nitrogens is 3. The molecule has 0 atom stereocenters. The van der Waals surface area contributed by atoms with Crippen molar-refractivity contribution in [3.8, 4) is 5.69 Å². The highest BCUT2D eigenvalue weighted by atomic mass is 32.2. The summed E-state index contributed by atoms with van der Waals surface area (Å²) in [4.78, 5) is 8.93. The van der Waals surface area contributed by atoms with E-state index in [1.165, 1.54) is 6.20 Å². The Balaban J connectivity index is 2.02. The third-order valence-electron chi connectivity index (χ3n) is 4.66. The van der Waals surface area contributed by atoms with Gasteiger partial charge in [0.2, 0.25) is 9.84 Å². The quantitative estimate of drug-likeness (QED) is 0.536. The predicted molar refractivity (Wildman–Crippen MR) is 105 cm³/mol. The Bertz CT molecular complexity index is 1210. The molecule has 6 heteroatoms. The van der Waals surface area contributed by atoms with Crippen molar-refractivity contribution in [2.75, 3.05) is 0 Å². The van der Waals surface area contributed by atoms with Gasteiger partial charge in [0.15, 0.2) is 0 Å². The molecule has 2 aromatic heterocycles. The van der Waals surface area contributed by atoms with E-state index in [9.17, 15) is 8.42 Å². The lowest BCUT2D eigenvalue weighted by atomic mass is 10.1. The van der Waals surface area contributed by atoms with E-state index in [0.29, 0.717) is 5.69 Å². The van der Waals surface area contributed by atoms with Crippen LogP contribution in [0.3, 0.4) is 0 Å². The fraction of sp³-hybridized carbons (Fsp3) is 0.143. The van der Waals surface area contributed by atoms with Crippen molar-refractivity contribution in [2.45, 2.75) is 30.1 Å². The number of hydrogen-bond acceptors (Lipinski definition) is 4. The summed E-state index contributed by atoms with van der Waals surface area (Å²) in [7, 11) is -3.74. The number of aryl methyl sites for hydroxylation is 2. The molecule has 2 aromatic carbocycles. The van der Waals surface area contributed by atoms with E-state index in [0.717, 1.165) is 28.5 Å². The van der Waals surface area contributed by atoms with Crippen LogP contribution >= 0.6 is 0 Å². The molecule has 2 heterocycles. The van der Waals surface area contributed by atoms with Crippen LogP contribution in [0.15, 0.2) is 77.2 Å². The summed E-state index contributed by atoms with van der Waals surface area (Å²) in [6.45, 7) is 4.01. The molecule has 0 aliphatic carbocycles. The molecular formula is C21H19N3O2S. The second-order valence-corrected chi connectivity index (χ2v) is 8.38. The lowest BCUT2D eigenvalue weighted by Gasteiger charge is -2.14. The maximum atomic E-state index is 13.4. The van der Waals surface area contributed by atoms with Crippen LogP contribution in [-0.4, -0.2) is 23.0 Å². The topological polar surface area (TPSA) is 64.8 Å². The summed E-state index contributed by atoms with van der Waals surface area (Å²) < 4.78 is 28.5. The van der Waals surface area contributed by atoms with Gasteiger partial charge in [0, 0.05) is 24.0 Å². The molecule has 0 amide bonds. The van der Waals surface area contributed by atoms with Gasteiger partial charge in [0.25, 0.3) is 0 Å². The van der Waals surface area contributed by atoms with E-state index >= 15 is 0 Å². The average Bonchev–Trinajstić information content (AvgIpc) is 3.21. The second kappa shape index (κ2) is 6.63. The summed E-state index contributed by atoms with van der Waals surface area (Å²) in [5, 5.41) is 0.777. The minimum atomic E-state index is -3.74. The minimum absolute atomic E-state index is 0.169. The monoisotopic (exact) mass is 377 g/mol. The van der Waals surface area contributed by atoms with Crippen LogP contribution in [0.1, 0.15) is 18.1 Å². The number of pyridine rings is 1. The number of rotatable bonds is 4. The SMILES string of the molecule is CCc1ccc(S(=O)(=O)c2cnc3ccc(C)cc3c2-n2ccnc2)cc1. The van der Waals surface area contributed by atoms with Crippen LogP contribution < -0.4 is 0 Å². The smallest absolute Gasteiger partial charge is 0.210 e. The number of sulfone groups is 1. The first-order valence-corrected chi connectivity index (χ1v) is 10.2. The molecule has 4 aromatic rings. The molecule has 0 radical (unpaired) electrons. The van der Waals surface area contributed by atoms with Gasteiger partial charge in [-0.15, -0.1) is 0 Å². The van der Waals surface area contributed by atoms with Crippen molar-refractivity contribution in [1.82, 2.24) is 14.5 Å². The first-order valence-electron chi connectivity index (χ1n) is 8.72. The van der Waals surface area contributed by atoms with E-state index in [4.69, 9.17) is 0 Å². The molecule has 0 N–H and O–H groups in total. The van der Waals surface area contributed by atoms with E-state index in [1.807, 2.05) is 44.2 Å². The lowest BCUT2D eigenvalue weighted by Crippen LogP contribution is -2.09. The molecular weight excluding hydrogens is 358 g/mol. The molecule has 0 fully saturated rings. The summed E-state index contributed by atoms with van der Waals surface area (Å²) in [5.74, 6) is 0. The van der Waals surface area contributed by atoms with E-state index in [1.54, 1.807) is 35.4 Å². The average molecular weight is 377 g/mol. The molecule has 4 rings (SSSR count). The first kappa shape index (κ1) is 17.4. The molecule has 27 heavy (non-hydrogen) atoms.